The molecule has 2 heterocycles. The summed E-state index contributed by atoms with van der Waals surface area (Å²) in [6, 6.07) is 5.60. The fourth-order valence-electron chi connectivity index (χ4n) is 2.91. The Balaban J connectivity index is 1.87. The van der Waals surface area contributed by atoms with Crippen molar-refractivity contribution in [3.05, 3.63) is 29.3 Å². The molecule has 4 nitrogen and oxygen atoms in total. The predicted molar refractivity (Wildman–Crippen MR) is 73.5 cm³/mol. The Morgan fingerprint density at radius 1 is 1.26 bits per heavy atom. The van der Waals surface area contributed by atoms with Crippen LogP contribution >= 0.6 is 0 Å². The molecule has 1 fully saturated rings. The molecule has 0 atom stereocenters. The van der Waals surface area contributed by atoms with Crippen molar-refractivity contribution in [2.24, 2.45) is 5.92 Å². The molecule has 1 saturated heterocycles. The number of nitrogens with one attached hydrogen (secondary N) is 1. The molecular formula is C15H18N2O2. The van der Waals surface area contributed by atoms with Crippen LogP contribution in [-0.2, 0) is 4.79 Å². The fraction of sp³-hybridized carbons (Fsp3) is 0.467. The van der Waals surface area contributed by atoms with Gasteiger partial charge in [-0.2, -0.15) is 0 Å². The molecule has 3 rings (SSSR count). The van der Waals surface area contributed by atoms with Gasteiger partial charge in [0.1, 0.15) is 0 Å². The van der Waals surface area contributed by atoms with Gasteiger partial charge in [-0.25, -0.2) is 0 Å². The standard InChI is InChI=1S/C15H18N2O2/c1-10-2-3-12-13(8-10)17(15(19)14(12)18)9-11-4-6-16-7-5-11/h2-3,8,11,16H,4-7,9H2,1H3. The van der Waals surface area contributed by atoms with Gasteiger partial charge in [0.25, 0.3) is 11.7 Å². The van der Waals surface area contributed by atoms with Crippen molar-refractivity contribution < 1.29 is 9.59 Å². The van der Waals surface area contributed by atoms with Crippen LogP contribution in [0.15, 0.2) is 18.2 Å². The topological polar surface area (TPSA) is 49.4 Å². The Kier molecular flexibility index (Phi) is 3.11. The van der Waals surface area contributed by atoms with E-state index < -0.39 is 0 Å². The van der Waals surface area contributed by atoms with Crippen LogP contribution in [0.3, 0.4) is 0 Å². The SMILES string of the molecule is Cc1ccc2c(c1)N(CC1CCNCC1)C(=O)C2=O. The van der Waals surface area contributed by atoms with Crippen molar-refractivity contribution in [2.45, 2.75) is 19.8 Å². The van der Waals surface area contributed by atoms with E-state index in [4.69, 9.17) is 0 Å². The number of piperidine rings is 1. The Bertz CT molecular complexity index is 533. The number of ketones is 1. The van der Waals surface area contributed by atoms with E-state index in [-0.39, 0.29) is 11.7 Å². The second-order valence-electron chi connectivity index (χ2n) is 5.46. The largest absolute Gasteiger partial charge is 0.317 e. The van der Waals surface area contributed by atoms with Gasteiger partial charge in [0.15, 0.2) is 0 Å². The van der Waals surface area contributed by atoms with Gasteiger partial charge in [0.2, 0.25) is 0 Å². The molecule has 1 N–H and O–H groups in total. The number of hydrogen-bond donors (Lipinski definition) is 1. The summed E-state index contributed by atoms with van der Waals surface area (Å²) < 4.78 is 0. The zero-order chi connectivity index (χ0) is 13.4. The van der Waals surface area contributed by atoms with E-state index in [2.05, 4.69) is 5.32 Å². The molecule has 1 amide bonds. The molecular weight excluding hydrogens is 240 g/mol. The highest BCUT2D eigenvalue weighted by atomic mass is 16.2. The van der Waals surface area contributed by atoms with E-state index in [9.17, 15) is 9.59 Å². The first-order chi connectivity index (χ1) is 9.16. The second kappa shape index (κ2) is 4.78. The van der Waals surface area contributed by atoms with Crippen LogP contribution in [0.25, 0.3) is 0 Å². The minimum absolute atomic E-state index is 0.357. The van der Waals surface area contributed by atoms with Crippen molar-refractivity contribution in [3.8, 4) is 0 Å². The van der Waals surface area contributed by atoms with Gasteiger partial charge < -0.3 is 10.2 Å². The van der Waals surface area contributed by atoms with E-state index in [0.717, 1.165) is 37.2 Å². The van der Waals surface area contributed by atoms with E-state index in [1.165, 1.54) is 0 Å². The summed E-state index contributed by atoms with van der Waals surface area (Å²) in [5.41, 5.74) is 2.44. The van der Waals surface area contributed by atoms with Crippen LogP contribution in [0, 0.1) is 12.8 Å². The second-order valence-corrected chi connectivity index (χ2v) is 5.46. The maximum atomic E-state index is 12.1. The summed E-state index contributed by atoms with van der Waals surface area (Å²) in [6.45, 7) is 4.65. The van der Waals surface area contributed by atoms with Gasteiger partial charge in [-0.3, -0.25) is 9.59 Å². The normalized spacial score (nSPS) is 19.9. The number of carbonyl (C=O) groups is 2. The molecule has 4 heteroatoms. The Morgan fingerprint density at radius 2 is 2.00 bits per heavy atom. The van der Waals surface area contributed by atoms with Gasteiger partial charge >= 0.3 is 0 Å². The highest BCUT2D eigenvalue weighted by Crippen LogP contribution is 2.31. The zero-order valence-corrected chi connectivity index (χ0v) is 11.1. The van der Waals surface area contributed by atoms with Gasteiger partial charge in [0, 0.05) is 6.54 Å². The lowest BCUT2D eigenvalue weighted by molar-refractivity contribution is -0.114. The third kappa shape index (κ3) is 2.16. The van der Waals surface area contributed by atoms with Gasteiger partial charge in [-0.15, -0.1) is 0 Å². The van der Waals surface area contributed by atoms with E-state index in [1.807, 2.05) is 19.1 Å². The summed E-state index contributed by atoms with van der Waals surface area (Å²) in [6.07, 6.45) is 2.14. The molecule has 100 valence electrons. The van der Waals surface area contributed by atoms with Crippen molar-refractivity contribution in [1.29, 1.82) is 0 Å². The number of aryl methyl sites for hydroxylation is 1. The minimum Gasteiger partial charge on any atom is -0.317 e. The number of amides is 1. The molecule has 2 aliphatic heterocycles. The van der Waals surface area contributed by atoms with E-state index in [1.54, 1.807) is 11.0 Å². The number of Topliss-reactive ketones (excluding diaryl/α,β-unsaturated/α-hetero) is 1. The average Bonchev–Trinajstić information content (AvgIpc) is 2.65. The maximum Gasteiger partial charge on any atom is 0.299 e. The Morgan fingerprint density at radius 3 is 2.74 bits per heavy atom. The number of carbonyl (C=O) groups excluding carboxylic acids is 2. The lowest BCUT2D eigenvalue weighted by atomic mass is 9.97. The Hall–Kier alpha value is -1.68. The molecule has 0 aromatic heterocycles. The first-order valence-electron chi connectivity index (χ1n) is 6.84. The quantitative estimate of drug-likeness (QED) is 0.818. The van der Waals surface area contributed by atoms with Crippen LogP contribution in [0.5, 0.6) is 0 Å². The lowest BCUT2D eigenvalue weighted by Crippen LogP contribution is -2.38. The third-order valence-electron chi connectivity index (χ3n) is 4.03. The average molecular weight is 258 g/mol. The van der Waals surface area contributed by atoms with Gasteiger partial charge in [-0.05, 0) is 56.5 Å². The number of fused-ring (bicyclic) bond motifs is 1. The van der Waals surface area contributed by atoms with Crippen LogP contribution in [0.1, 0.15) is 28.8 Å². The summed E-state index contributed by atoms with van der Waals surface area (Å²) in [4.78, 5) is 25.7. The van der Waals surface area contributed by atoms with Crippen LogP contribution < -0.4 is 10.2 Å². The first-order valence-corrected chi connectivity index (χ1v) is 6.84. The van der Waals surface area contributed by atoms with Gasteiger partial charge in [0.05, 0.1) is 11.3 Å². The molecule has 0 bridgehead atoms. The number of hydrogen-bond acceptors (Lipinski definition) is 3. The third-order valence-corrected chi connectivity index (χ3v) is 4.03. The van der Waals surface area contributed by atoms with Crippen molar-refractivity contribution in [1.82, 2.24) is 5.32 Å². The number of anilines is 1. The highest BCUT2D eigenvalue weighted by Gasteiger charge is 2.36. The van der Waals surface area contributed by atoms with E-state index in [0.29, 0.717) is 18.0 Å². The maximum absolute atomic E-state index is 12.1. The monoisotopic (exact) mass is 258 g/mol. The molecule has 2 aliphatic rings. The zero-order valence-electron chi connectivity index (χ0n) is 11.1. The molecule has 0 spiro atoms. The highest BCUT2D eigenvalue weighted by molar-refractivity contribution is 6.52. The van der Waals surface area contributed by atoms with Crippen molar-refractivity contribution in [3.63, 3.8) is 0 Å². The molecule has 0 aliphatic carbocycles. The molecule has 0 unspecified atom stereocenters. The molecule has 0 radical (unpaired) electrons. The van der Waals surface area contributed by atoms with Crippen LogP contribution in [-0.4, -0.2) is 31.3 Å². The number of nitrogens with zero attached hydrogens (tertiary/aromatic N) is 1. The summed E-state index contributed by atoms with van der Waals surface area (Å²) in [7, 11) is 0. The molecule has 1 aromatic carbocycles. The summed E-state index contributed by atoms with van der Waals surface area (Å²) in [5.74, 6) is -0.229. The van der Waals surface area contributed by atoms with Crippen LogP contribution in [0.4, 0.5) is 5.69 Å². The summed E-state index contributed by atoms with van der Waals surface area (Å²) >= 11 is 0. The fourth-order valence-corrected chi connectivity index (χ4v) is 2.91. The molecule has 19 heavy (non-hydrogen) atoms. The van der Waals surface area contributed by atoms with Crippen LogP contribution in [0.2, 0.25) is 0 Å². The lowest BCUT2D eigenvalue weighted by Gasteiger charge is -2.27. The van der Waals surface area contributed by atoms with Crippen molar-refractivity contribution >= 4 is 17.4 Å². The number of benzene rings is 1. The van der Waals surface area contributed by atoms with E-state index >= 15 is 0 Å². The van der Waals surface area contributed by atoms with Crippen molar-refractivity contribution in [2.75, 3.05) is 24.5 Å². The first kappa shape index (κ1) is 12.4. The minimum atomic E-state index is -0.362. The smallest absolute Gasteiger partial charge is 0.299 e. The summed E-state index contributed by atoms with van der Waals surface area (Å²) in [5, 5.41) is 3.32. The molecule has 0 saturated carbocycles. The molecule has 1 aromatic rings. The predicted octanol–water partition coefficient (Wildman–Crippen LogP) is 1.52. The van der Waals surface area contributed by atoms with Gasteiger partial charge in [-0.1, -0.05) is 6.07 Å². The Labute approximate surface area is 112 Å². The number of rotatable bonds is 2.